The lowest BCUT2D eigenvalue weighted by Gasteiger charge is -2.23. The molecule has 1 atom stereocenters. The number of alkyl carbamates (subject to hydrolysis) is 1. The van der Waals surface area contributed by atoms with Gasteiger partial charge in [0.15, 0.2) is 0 Å². The van der Waals surface area contributed by atoms with Crippen LogP contribution in [0.5, 0.6) is 0 Å². The molecule has 3 N–H and O–H groups in total. The van der Waals surface area contributed by atoms with E-state index in [1.807, 2.05) is 36.4 Å². The lowest BCUT2D eigenvalue weighted by molar-refractivity contribution is -0.147. The fraction of sp³-hybridized carbons (Fsp3) is 0.423. The highest BCUT2D eigenvalue weighted by Crippen LogP contribution is 2.44. The molecule has 0 bridgehead atoms. The van der Waals surface area contributed by atoms with E-state index in [1.54, 1.807) is 32.8 Å². The Balaban J connectivity index is 1.60. The summed E-state index contributed by atoms with van der Waals surface area (Å²) in [5.74, 6) is -1.38. The van der Waals surface area contributed by atoms with Crippen LogP contribution in [0.15, 0.2) is 48.5 Å². The monoisotopic (exact) mass is 467 g/mol. The Morgan fingerprint density at radius 1 is 1.03 bits per heavy atom. The fourth-order valence-corrected chi connectivity index (χ4v) is 4.07. The van der Waals surface area contributed by atoms with E-state index in [2.05, 4.69) is 22.8 Å². The summed E-state index contributed by atoms with van der Waals surface area (Å²) in [6.45, 7) is 3.83. The number of hydrogen-bond donors (Lipinski definition) is 3. The summed E-state index contributed by atoms with van der Waals surface area (Å²) < 4.78 is 5.57. The Hall–Kier alpha value is -3.39. The lowest BCUT2D eigenvalue weighted by Crippen LogP contribution is -2.52. The highest BCUT2D eigenvalue weighted by molar-refractivity contribution is 5.86. The van der Waals surface area contributed by atoms with Crippen molar-refractivity contribution in [3.05, 3.63) is 59.7 Å². The Labute approximate surface area is 200 Å². The first kappa shape index (κ1) is 25.2. The third kappa shape index (κ3) is 5.94. The van der Waals surface area contributed by atoms with Crippen molar-refractivity contribution < 1.29 is 24.2 Å². The Morgan fingerprint density at radius 2 is 1.59 bits per heavy atom. The van der Waals surface area contributed by atoms with Crippen LogP contribution in [0.2, 0.25) is 0 Å². The molecule has 1 aliphatic rings. The molecular formula is C26H33N3O5. The molecule has 0 saturated carbocycles. The normalized spacial score (nSPS) is 13.7. The molecule has 3 rings (SSSR count). The van der Waals surface area contributed by atoms with Crippen molar-refractivity contribution in [3.63, 3.8) is 0 Å². The number of nitrogens with zero attached hydrogens (tertiary/aromatic N) is 1. The van der Waals surface area contributed by atoms with Crippen LogP contribution in [0.1, 0.15) is 37.3 Å². The van der Waals surface area contributed by atoms with Gasteiger partial charge in [0.05, 0.1) is 5.41 Å². The molecule has 0 aromatic heterocycles. The van der Waals surface area contributed by atoms with Crippen LogP contribution in [0.4, 0.5) is 4.79 Å². The molecule has 0 aliphatic heterocycles. The molecule has 0 fully saturated rings. The topological polar surface area (TPSA) is 108 Å². The van der Waals surface area contributed by atoms with E-state index in [-0.39, 0.29) is 37.9 Å². The smallest absolute Gasteiger partial charge is 0.407 e. The largest absolute Gasteiger partial charge is 0.481 e. The molecule has 0 radical (unpaired) electrons. The van der Waals surface area contributed by atoms with Crippen molar-refractivity contribution in [2.45, 2.75) is 32.2 Å². The summed E-state index contributed by atoms with van der Waals surface area (Å²) in [6.07, 6.45) is -0.400. The Morgan fingerprint density at radius 3 is 2.12 bits per heavy atom. The lowest BCUT2D eigenvalue weighted by atomic mass is 9.90. The number of amides is 2. The van der Waals surface area contributed by atoms with Crippen LogP contribution < -0.4 is 10.6 Å². The molecule has 182 valence electrons. The van der Waals surface area contributed by atoms with Crippen molar-refractivity contribution >= 4 is 18.0 Å². The summed E-state index contributed by atoms with van der Waals surface area (Å²) in [4.78, 5) is 38.4. The maximum absolute atomic E-state index is 12.7. The number of carbonyl (C=O) groups is 3. The minimum Gasteiger partial charge on any atom is -0.481 e. The van der Waals surface area contributed by atoms with E-state index in [1.165, 1.54) is 0 Å². The van der Waals surface area contributed by atoms with Gasteiger partial charge in [-0.3, -0.25) is 9.59 Å². The number of nitrogens with one attached hydrogen (secondary N) is 2. The van der Waals surface area contributed by atoms with Crippen LogP contribution in [-0.4, -0.2) is 67.8 Å². The third-order valence-electron chi connectivity index (χ3n) is 6.13. The second-order valence-electron chi connectivity index (χ2n) is 9.51. The van der Waals surface area contributed by atoms with E-state index in [0.717, 1.165) is 22.3 Å². The Kier molecular flexibility index (Phi) is 7.94. The Bertz CT molecular complexity index is 1000. The van der Waals surface area contributed by atoms with Crippen molar-refractivity contribution in [3.8, 4) is 11.1 Å². The molecular weight excluding hydrogens is 434 g/mol. The average Bonchev–Trinajstić information content (AvgIpc) is 3.10. The predicted octanol–water partition coefficient (Wildman–Crippen LogP) is 3.07. The first-order valence-electron chi connectivity index (χ1n) is 11.4. The SMILES string of the molecule is CN(C)CC(NC(=O)OCC1c2ccccc2-c2ccccc21)C(=O)NCCC(C)(C)C(=O)O. The summed E-state index contributed by atoms with van der Waals surface area (Å²) in [6, 6.07) is 15.3. The number of benzene rings is 2. The van der Waals surface area contributed by atoms with E-state index in [4.69, 9.17) is 4.74 Å². The van der Waals surface area contributed by atoms with Gasteiger partial charge in [-0.05, 0) is 56.6 Å². The standard InChI is InChI=1S/C26H33N3O5/c1-26(2,24(31)32)13-14-27-23(30)22(15-29(3)4)28-25(33)34-16-21-19-11-7-5-9-17(19)18-10-6-8-12-20(18)21/h5-12,21-22H,13-16H2,1-4H3,(H,27,30)(H,28,33)(H,31,32). The van der Waals surface area contributed by atoms with E-state index in [0.29, 0.717) is 0 Å². The molecule has 8 heteroatoms. The zero-order chi connectivity index (χ0) is 24.9. The predicted molar refractivity (Wildman–Crippen MR) is 130 cm³/mol. The van der Waals surface area contributed by atoms with Gasteiger partial charge in [0.1, 0.15) is 12.6 Å². The van der Waals surface area contributed by atoms with E-state index in [9.17, 15) is 19.5 Å². The van der Waals surface area contributed by atoms with E-state index < -0.39 is 23.5 Å². The van der Waals surface area contributed by atoms with Crippen LogP contribution in [0.25, 0.3) is 11.1 Å². The average molecular weight is 468 g/mol. The first-order chi connectivity index (χ1) is 16.1. The van der Waals surface area contributed by atoms with E-state index >= 15 is 0 Å². The first-order valence-corrected chi connectivity index (χ1v) is 11.4. The molecule has 1 aliphatic carbocycles. The number of rotatable bonds is 10. The minimum atomic E-state index is -0.954. The third-order valence-corrected chi connectivity index (χ3v) is 6.13. The maximum atomic E-state index is 12.7. The van der Waals surface area contributed by atoms with Gasteiger partial charge in [-0.15, -0.1) is 0 Å². The number of aliphatic carboxylic acids is 1. The molecule has 0 heterocycles. The zero-order valence-corrected chi connectivity index (χ0v) is 20.1. The fourth-order valence-electron chi connectivity index (χ4n) is 4.07. The summed E-state index contributed by atoms with van der Waals surface area (Å²) in [5, 5.41) is 14.6. The number of likely N-dealkylation sites (N-methyl/N-ethyl adjacent to an activating group) is 1. The van der Waals surface area contributed by atoms with Gasteiger partial charge >= 0.3 is 12.1 Å². The van der Waals surface area contributed by atoms with Gasteiger partial charge in [-0.2, -0.15) is 0 Å². The van der Waals surface area contributed by atoms with Crippen LogP contribution in [0.3, 0.4) is 0 Å². The number of carboxylic acids is 1. The second kappa shape index (κ2) is 10.7. The number of carbonyl (C=O) groups excluding carboxylic acids is 2. The van der Waals surface area contributed by atoms with Crippen molar-refractivity contribution in [1.29, 1.82) is 0 Å². The van der Waals surface area contributed by atoms with Gasteiger partial charge in [-0.25, -0.2) is 4.79 Å². The molecule has 2 aromatic rings. The van der Waals surface area contributed by atoms with Gasteiger partial charge < -0.3 is 25.4 Å². The molecule has 1 unspecified atom stereocenters. The van der Waals surface area contributed by atoms with Crippen molar-refractivity contribution in [1.82, 2.24) is 15.5 Å². The summed E-state index contributed by atoms with van der Waals surface area (Å²) >= 11 is 0. The number of hydrogen-bond acceptors (Lipinski definition) is 5. The highest BCUT2D eigenvalue weighted by atomic mass is 16.5. The van der Waals surface area contributed by atoms with Gasteiger partial charge in [-0.1, -0.05) is 48.5 Å². The van der Waals surface area contributed by atoms with Crippen LogP contribution >= 0.6 is 0 Å². The summed E-state index contributed by atoms with van der Waals surface area (Å²) in [7, 11) is 3.60. The molecule has 2 amide bonds. The van der Waals surface area contributed by atoms with Crippen molar-refractivity contribution in [2.24, 2.45) is 5.41 Å². The molecule has 2 aromatic carbocycles. The van der Waals surface area contributed by atoms with Crippen LogP contribution in [0, 0.1) is 5.41 Å². The molecule has 8 nitrogen and oxygen atoms in total. The van der Waals surface area contributed by atoms with Gasteiger partial charge in [0, 0.05) is 19.0 Å². The quantitative estimate of drug-likeness (QED) is 0.496. The number of ether oxygens (including phenoxy) is 1. The molecule has 0 saturated heterocycles. The number of fused-ring (bicyclic) bond motifs is 3. The molecule has 34 heavy (non-hydrogen) atoms. The summed E-state index contributed by atoms with van der Waals surface area (Å²) in [5.41, 5.74) is 3.55. The zero-order valence-electron chi connectivity index (χ0n) is 20.1. The van der Waals surface area contributed by atoms with Crippen LogP contribution in [-0.2, 0) is 14.3 Å². The minimum absolute atomic E-state index is 0.0717. The van der Waals surface area contributed by atoms with Gasteiger partial charge in [0.25, 0.3) is 0 Å². The van der Waals surface area contributed by atoms with Crippen molar-refractivity contribution in [2.75, 3.05) is 33.8 Å². The molecule has 0 spiro atoms. The maximum Gasteiger partial charge on any atom is 0.407 e. The van der Waals surface area contributed by atoms with Gasteiger partial charge in [0.2, 0.25) is 5.91 Å². The number of carboxylic acid groups (broad SMARTS) is 1. The highest BCUT2D eigenvalue weighted by Gasteiger charge is 2.30. The second-order valence-corrected chi connectivity index (χ2v) is 9.51.